The minimum absolute atomic E-state index is 0.00112. The molecule has 0 unspecified atom stereocenters. The Kier molecular flexibility index (Phi) is 5.01. The zero-order valence-corrected chi connectivity index (χ0v) is 12.5. The van der Waals surface area contributed by atoms with Crippen LogP contribution in [-0.4, -0.2) is 9.85 Å². The lowest BCUT2D eigenvalue weighted by molar-refractivity contribution is -0.385. The number of non-ortho nitro benzene ring substituents is 2. The summed E-state index contributed by atoms with van der Waals surface area (Å²) in [7, 11) is -1.95. The van der Waals surface area contributed by atoms with E-state index < -0.39 is 17.6 Å². The number of hydrogen-bond acceptors (Lipinski definition) is 5. The van der Waals surface area contributed by atoms with Crippen molar-refractivity contribution in [2.75, 3.05) is 0 Å². The summed E-state index contributed by atoms with van der Waals surface area (Å²) in [4.78, 5) is 20.1. The molecule has 22 heavy (non-hydrogen) atoms. The van der Waals surface area contributed by atoms with Crippen LogP contribution in [0, 0.1) is 20.2 Å². The molecular weight excluding hydrogens is 307 g/mol. The molecule has 0 fully saturated rings. The van der Waals surface area contributed by atoms with Gasteiger partial charge >= 0.3 is 0 Å². The van der Waals surface area contributed by atoms with Gasteiger partial charge in [0.25, 0.3) is 11.4 Å². The number of nitrogens with zero attached hydrogens (tertiary/aromatic N) is 2. The first-order valence-electron chi connectivity index (χ1n) is 6.44. The first-order chi connectivity index (χ1) is 10.5. The van der Waals surface area contributed by atoms with Gasteiger partial charge in [0.1, 0.15) is 0 Å². The van der Waals surface area contributed by atoms with E-state index in [1.165, 1.54) is 24.3 Å². The van der Waals surface area contributed by atoms with Gasteiger partial charge in [-0.25, -0.2) is 0 Å². The Labute approximate surface area is 126 Å². The second kappa shape index (κ2) is 6.95. The maximum absolute atomic E-state index is 12.1. The molecule has 7 nitrogen and oxygen atoms in total. The zero-order chi connectivity index (χ0) is 16.1. The van der Waals surface area contributed by atoms with E-state index in [4.69, 9.17) is 0 Å². The standard InChI is InChI=1S/C14H13N2O5P/c17-15(18)13-5-1-11(2-6-13)9-22(21)10-12-3-7-14(8-4-12)16(19)20/h1-8,22H,9-10H2. The Morgan fingerprint density at radius 1 is 0.727 bits per heavy atom. The van der Waals surface area contributed by atoms with Gasteiger partial charge in [-0.1, -0.05) is 24.3 Å². The molecule has 0 saturated heterocycles. The predicted molar refractivity (Wildman–Crippen MR) is 82.6 cm³/mol. The van der Waals surface area contributed by atoms with Crippen LogP contribution in [-0.2, 0) is 16.9 Å². The molecule has 0 bridgehead atoms. The molecule has 0 atom stereocenters. The number of rotatable bonds is 6. The Morgan fingerprint density at radius 2 is 1.05 bits per heavy atom. The highest BCUT2D eigenvalue weighted by molar-refractivity contribution is 7.42. The Balaban J connectivity index is 1.97. The van der Waals surface area contributed by atoms with E-state index >= 15 is 0 Å². The van der Waals surface area contributed by atoms with E-state index in [0.717, 1.165) is 11.1 Å². The molecule has 0 aromatic heterocycles. The normalized spacial score (nSPS) is 10.6. The van der Waals surface area contributed by atoms with Gasteiger partial charge in [-0.3, -0.25) is 20.2 Å². The van der Waals surface area contributed by atoms with Crippen molar-refractivity contribution in [3.8, 4) is 0 Å². The summed E-state index contributed by atoms with van der Waals surface area (Å²) in [5.41, 5.74) is 1.55. The van der Waals surface area contributed by atoms with E-state index in [-0.39, 0.29) is 11.4 Å². The van der Waals surface area contributed by atoms with Gasteiger partial charge in [0.15, 0.2) is 0 Å². The molecule has 0 spiro atoms. The van der Waals surface area contributed by atoms with Crippen LogP contribution < -0.4 is 0 Å². The molecule has 2 aromatic rings. The van der Waals surface area contributed by atoms with Crippen LogP contribution in [0.25, 0.3) is 0 Å². The summed E-state index contributed by atoms with van der Waals surface area (Å²) in [5.74, 6) is 0. The van der Waals surface area contributed by atoms with Crippen LogP contribution in [0.5, 0.6) is 0 Å². The van der Waals surface area contributed by atoms with Crippen LogP contribution in [0.15, 0.2) is 48.5 Å². The highest BCUT2D eigenvalue weighted by Crippen LogP contribution is 2.32. The van der Waals surface area contributed by atoms with Crippen LogP contribution in [0.1, 0.15) is 11.1 Å². The third-order valence-corrected chi connectivity index (χ3v) is 4.70. The fourth-order valence-corrected chi connectivity index (χ4v) is 3.50. The van der Waals surface area contributed by atoms with Crippen molar-refractivity contribution in [3.05, 3.63) is 79.9 Å². The topological polar surface area (TPSA) is 103 Å². The summed E-state index contributed by atoms with van der Waals surface area (Å²) >= 11 is 0. The summed E-state index contributed by atoms with van der Waals surface area (Å²) in [5, 5.41) is 21.1. The molecule has 8 heteroatoms. The van der Waals surface area contributed by atoms with Crippen LogP contribution in [0.3, 0.4) is 0 Å². The van der Waals surface area contributed by atoms with E-state index in [0.29, 0.717) is 12.3 Å². The maximum Gasteiger partial charge on any atom is 0.269 e. The van der Waals surface area contributed by atoms with Crippen molar-refractivity contribution in [2.24, 2.45) is 0 Å². The first-order valence-corrected chi connectivity index (χ1v) is 8.26. The largest absolute Gasteiger partial charge is 0.326 e. The predicted octanol–water partition coefficient (Wildman–Crippen LogP) is 3.76. The van der Waals surface area contributed by atoms with Gasteiger partial charge < -0.3 is 4.57 Å². The third kappa shape index (κ3) is 4.23. The molecule has 0 aliphatic heterocycles. The lowest BCUT2D eigenvalue weighted by atomic mass is 10.2. The van der Waals surface area contributed by atoms with Crippen molar-refractivity contribution < 1.29 is 14.4 Å². The van der Waals surface area contributed by atoms with Crippen molar-refractivity contribution in [2.45, 2.75) is 12.3 Å². The van der Waals surface area contributed by atoms with E-state index in [1.807, 2.05) is 0 Å². The molecule has 0 aliphatic rings. The molecule has 2 rings (SSSR count). The van der Waals surface area contributed by atoms with Gasteiger partial charge in [0, 0.05) is 36.6 Å². The van der Waals surface area contributed by atoms with Gasteiger partial charge in [-0.05, 0) is 11.1 Å². The van der Waals surface area contributed by atoms with Gasteiger partial charge in [-0.2, -0.15) is 0 Å². The Hall–Kier alpha value is -2.53. The quantitative estimate of drug-likeness (QED) is 0.458. The minimum Gasteiger partial charge on any atom is -0.326 e. The smallest absolute Gasteiger partial charge is 0.269 e. The van der Waals surface area contributed by atoms with Crippen LogP contribution >= 0.6 is 7.80 Å². The fraction of sp³-hybridized carbons (Fsp3) is 0.143. The molecule has 0 radical (unpaired) electrons. The van der Waals surface area contributed by atoms with Crippen LogP contribution in [0.2, 0.25) is 0 Å². The van der Waals surface area contributed by atoms with E-state index in [1.54, 1.807) is 24.3 Å². The summed E-state index contributed by atoms with van der Waals surface area (Å²) in [6, 6.07) is 11.9. The lowest BCUT2D eigenvalue weighted by Crippen LogP contribution is -1.90. The van der Waals surface area contributed by atoms with Gasteiger partial charge in [-0.15, -0.1) is 0 Å². The average molecular weight is 320 g/mol. The molecule has 0 amide bonds. The molecule has 0 N–H and O–H groups in total. The van der Waals surface area contributed by atoms with Crippen molar-refractivity contribution in [1.82, 2.24) is 0 Å². The highest BCUT2D eigenvalue weighted by atomic mass is 31.1. The highest BCUT2D eigenvalue weighted by Gasteiger charge is 2.09. The summed E-state index contributed by atoms with van der Waals surface area (Å²) in [6.45, 7) is 0. The fourth-order valence-electron chi connectivity index (χ4n) is 1.99. The van der Waals surface area contributed by atoms with E-state index in [2.05, 4.69) is 0 Å². The van der Waals surface area contributed by atoms with Crippen molar-refractivity contribution in [3.63, 3.8) is 0 Å². The third-order valence-electron chi connectivity index (χ3n) is 3.10. The van der Waals surface area contributed by atoms with Crippen molar-refractivity contribution >= 4 is 19.2 Å². The lowest BCUT2D eigenvalue weighted by Gasteiger charge is -2.03. The minimum atomic E-state index is -1.95. The summed E-state index contributed by atoms with van der Waals surface area (Å²) in [6.07, 6.45) is 0.694. The van der Waals surface area contributed by atoms with Crippen LogP contribution in [0.4, 0.5) is 11.4 Å². The monoisotopic (exact) mass is 320 g/mol. The molecule has 114 valence electrons. The molecular formula is C14H13N2O5P. The van der Waals surface area contributed by atoms with Gasteiger partial charge in [0.2, 0.25) is 0 Å². The second-order valence-electron chi connectivity index (χ2n) is 4.74. The first kappa shape index (κ1) is 15.9. The van der Waals surface area contributed by atoms with Crippen molar-refractivity contribution in [1.29, 1.82) is 0 Å². The number of nitro benzene ring substituents is 2. The SMILES string of the molecule is O=[N+]([O-])c1ccc(C[PH](=O)Cc2ccc([N+](=O)[O-])cc2)cc1. The average Bonchev–Trinajstić information content (AvgIpc) is 2.48. The number of nitro groups is 2. The molecule has 0 aliphatic carbocycles. The van der Waals surface area contributed by atoms with Gasteiger partial charge in [0.05, 0.1) is 17.6 Å². The maximum atomic E-state index is 12.1. The summed E-state index contributed by atoms with van der Waals surface area (Å²) < 4.78 is 12.1. The zero-order valence-electron chi connectivity index (χ0n) is 11.5. The molecule has 0 saturated carbocycles. The van der Waals surface area contributed by atoms with E-state index in [9.17, 15) is 24.8 Å². The number of benzene rings is 2. The second-order valence-corrected chi connectivity index (χ2v) is 6.52. The Morgan fingerprint density at radius 3 is 1.32 bits per heavy atom. The Bertz CT molecular complexity index is 652. The molecule has 0 heterocycles. The number of hydrogen-bond donors (Lipinski definition) is 0. The molecule has 2 aromatic carbocycles.